The topological polar surface area (TPSA) is 46.3 Å². The minimum Gasteiger partial charge on any atom is -0.441 e. The monoisotopic (exact) mass is 402 g/mol. The Morgan fingerprint density at radius 1 is 1.12 bits per heavy atom. The summed E-state index contributed by atoms with van der Waals surface area (Å²) in [6, 6.07) is 14.6. The van der Waals surface area contributed by atoms with Gasteiger partial charge in [0.25, 0.3) is 0 Å². The van der Waals surface area contributed by atoms with Crippen LogP contribution in [0.4, 0.5) is 10.7 Å². The van der Waals surface area contributed by atoms with Crippen LogP contribution in [0.15, 0.2) is 52.9 Å². The van der Waals surface area contributed by atoms with Gasteiger partial charge in [-0.2, -0.15) is 0 Å². The van der Waals surface area contributed by atoms with Gasteiger partial charge in [-0.25, -0.2) is 4.98 Å². The summed E-state index contributed by atoms with van der Waals surface area (Å²) in [7, 11) is 0. The van der Waals surface area contributed by atoms with Gasteiger partial charge in [0.05, 0.1) is 15.7 Å². The molecule has 0 radical (unpaired) electrons. The second-order valence-electron chi connectivity index (χ2n) is 5.60. The maximum absolute atomic E-state index is 11.7. The molecule has 0 fully saturated rings. The molecule has 0 unspecified atom stereocenters. The number of carbonyl (C=O) groups excluding carboxylic acids is 1. The standard InChI is InChI=1S/C19H12Cl2N2O2S/c1-11-22-15-9-14(21)12(8-17(15)25-11)18-6-7-19(26-18)23(10-24)16-5-3-2-4-13(16)20/h2-10H,1H3. The highest BCUT2D eigenvalue weighted by Gasteiger charge is 2.16. The number of aryl methyl sites for hydroxylation is 1. The van der Waals surface area contributed by atoms with Crippen molar-refractivity contribution in [2.24, 2.45) is 0 Å². The lowest BCUT2D eigenvalue weighted by molar-refractivity contribution is -0.106. The smallest absolute Gasteiger partial charge is 0.219 e. The van der Waals surface area contributed by atoms with Crippen molar-refractivity contribution in [3.63, 3.8) is 0 Å². The van der Waals surface area contributed by atoms with E-state index < -0.39 is 0 Å². The van der Waals surface area contributed by atoms with Gasteiger partial charge in [0.2, 0.25) is 6.41 Å². The zero-order chi connectivity index (χ0) is 18.3. The number of oxazole rings is 1. The summed E-state index contributed by atoms with van der Waals surface area (Å²) < 4.78 is 5.60. The van der Waals surface area contributed by atoms with Crippen LogP contribution >= 0.6 is 34.5 Å². The summed E-state index contributed by atoms with van der Waals surface area (Å²) in [6.07, 6.45) is 0.751. The van der Waals surface area contributed by atoms with Crippen LogP contribution in [0.2, 0.25) is 10.0 Å². The average molecular weight is 403 g/mol. The predicted molar refractivity (Wildman–Crippen MR) is 107 cm³/mol. The number of benzene rings is 2. The van der Waals surface area contributed by atoms with Gasteiger partial charge in [-0.15, -0.1) is 11.3 Å². The van der Waals surface area contributed by atoms with Crippen LogP contribution in [0.25, 0.3) is 21.5 Å². The number of hydrogen-bond donors (Lipinski definition) is 0. The third-order valence-electron chi connectivity index (χ3n) is 3.90. The van der Waals surface area contributed by atoms with Crippen molar-refractivity contribution in [1.82, 2.24) is 4.98 Å². The lowest BCUT2D eigenvalue weighted by atomic mass is 10.2. The first-order valence-electron chi connectivity index (χ1n) is 7.73. The summed E-state index contributed by atoms with van der Waals surface area (Å²) in [6.45, 7) is 1.79. The molecule has 0 spiro atoms. The van der Waals surface area contributed by atoms with E-state index in [4.69, 9.17) is 27.6 Å². The number of carbonyl (C=O) groups is 1. The summed E-state index contributed by atoms with van der Waals surface area (Å²) in [5, 5.41) is 1.83. The van der Waals surface area contributed by atoms with Gasteiger partial charge < -0.3 is 4.42 Å². The molecule has 0 saturated carbocycles. The number of thiophene rings is 1. The van der Waals surface area contributed by atoms with Crippen molar-refractivity contribution in [3.05, 3.63) is 64.5 Å². The number of para-hydroxylation sites is 1. The van der Waals surface area contributed by atoms with E-state index in [9.17, 15) is 4.79 Å². The molecule has 0 saturated heterocycles. The molecule has 0 aliphatic rings. The highest BCUT2D eigenvalue weighted by Crippen LogP contribution is 2.41. The Hall–Kier alpha value is -2.34. The van der Waals surface area contributed by atoms with E-state index in [-0.39, 0.29) is 0 Å². The van der Waals surface area contributed by atoms with Crippen LogP contribution in [-0.4, -0.2) is 11.4 Å². The number of halogens is 2. The molecule has 2 aromatic carbocycles. The number of nitrogens with zero attached hydrogens (tertiary/aromatic N) is 2. The molecule has 0 bridgehead atoms. The van der Waals surface area contributed by atoms with E-state index >= 15 is 0 Å². The van der Waals surface area contributed by atoms with Crippen molar-refractivity contribution in [2.45, 2.75) is 6.92 Å². The van der Waals surface area contributed by atoms with Crippen molar-refractivity contribution in [3.8, 4) is 10.4 Å². The Labute approximate surface area is 163 Å². The fraction of sp³-hybridized carbons (Fsp3) is 0.0526. The molecular formula is C19H12Cl2N2O2S. The lowest BCUT2D eigenvalue weighted by Crippen LogP contribution is -2.12. The first-order chi connectivity index (χ1) is 12.6. The van der Waals surface area contributed by atoms with E-state index in [0.29, 0.717) is 27.2 Å². The minimum absolute atomic E-state index is 0.506. The number of amides is 1. The molecule has 0 aliphatic carbocycles. The molecule has 130 valence electrons. The molecule has 1 amide bonds. The molecule has 7 heteroatoms. The fourth-order valence-corrected chi connectivity index (χ4v) is 4.29. The third kappa shape index (κ3) is 2.98. The number of fused-ring (bicyclic) bond motifs is 1. The number of rotatable bonds is 4. The average Bonchev–Trinajstić information content (AvgIpc) is 3.22. The SMILES string of the molecule is Cc1nc2cc(Cl)c(-c3ccc(N(C=O)c4ccccc4Cl)s3)cc2o1. The Balaban J connectivity index is 1.77. The molecule has 2 heterocycles. The van der Waals surface area contributed by atoms with E-state index in [1.165, 1.54) is 16.2 Å². The van der Waals surface area contributed by atoms with Gasteiger partial charge in [0.15, 0.2) is 11.5 Å². The molecule has 0 aliphatic heterocycles. The van der Waals surface area contributed by atoms with Gasteiger partial charge >= 0.3 is 0 Å². The second kappa shape index (κ2) is 6.76. The molecule has 4 rings (SSSR count). The summed E-state index contributed by atoms with van der Waals surface area (Å²) >= 11 is 14.1. The van der Waals surface area contributed by atoms with Crippen LogP contribution in [0.5, 0.6) is 0 Å². The van der Waals surface area contributed by atoms with Crippen LogP contribution < -0.4 is 4.90 Å². The Morgan fingerprint density at radius 3 is 2.69 bits per heavy atom. The highest BCUT2D eigenvalue weighted by molar-refractivity contribution is 7.19. The van der Waals surface area contributed by atoms with Gasteiger partial charge in [-0.1, -0.05) is 35.3 Å². The van der Waals surface area contributed by atoms with Gasteiger partial charge in [0.1, 0.15) is 10.5 Å². The Morgan fingerprint density at radius 2 is 1.92 bits per heavy atom. The van der Waals surface area contributed by atoms with E-state index in [2.05, 4.69) is 4.98 Å². The summed E-state index contributed by atoms with van der Waals surface area (Å²) in [5.41, 5.74) is 2.86. The minimum atomic E-state index is 0.506. The van der Waals surface area contributed by atoms with Gasteiger partial charge in [0, 0.05) is 17.4 Å². The fourth-order valence-electron chi connectivity index (χ4n) is 2.73. The maximum atomic E-state index is 11.7. The highest BCUT2D eigenvalue weighted by atomic mass is 35.5. The van der Waals surface area contributed by atoms with E-state index in [1.54, 1.807) is 25.1 Å². The molecular weight excluding hydrogens is 391 g/mol. The first-order valence-corrected chi connectivity index (χ1v) is 9.30. The number of anilines is 2. The zero-order valence-electron chi connectivity index (χ0n) is 13.6. The third-order valence-corrected chi connectivity index (χ3v) is 5.65. The van der Waals surface area contributed by atoms with Gasteiger partial charge in [-0.05, 0) is 36.4 Å². The van der Waals surface area contributed by atoms with Crippen LogP contribution in [0.3, 0.4) is 0 Å². The molecule has 0 atom stereocenters. The molecule has 26 heavy (non-hydrogen) atoms. The predicted octanol–water partition coefficient (Wildman–Crippen LogP) is 6.47. The van der Waals surface area contributed by atoms with Crippen molar-refractivity contribution in [2.75, 3.05) is 4.90 Å². The summed E-state index contributed by atoms with van der Waals surface area (Å²) in [4.78, 5) is 18.4. The van der Waals surface area contributed by atoms with Crippen LogP contribution in [0.1, 0.15) is 5.89 Å². The van der Waals surface area contributed by atoms with Crippen molar-refractivity contribution < 1.29 is 9.21 Å². The molecule has 4 aromatic rings. The molecule has 4 nitrogen and oxygen atoms in total. The van der Waals surface area contributed by atoms with Crippen molar-refractivity contribution >= 4 is 62.7 Å². The van der Waals surface area contributed by atoms with E-state index in [0.717, 1.165) is 27.4 Å². The van der Waals surface area contributed by atoms with Crippen molar-refractivity contribution in [1.29, 1.82) is 0 Å². The number of aromatic nitrogens is 1. The first kappa shape index (κ1) is 17.1. The maximum Gasteiger partial charge on any atom is 0.219 e. The zero-order valence-corrected chi connectivity index (χ0v) is 15.9. The molecule has 0 N–H and O–H groups in total. The van der Waals surface area contributed by atoms with Crippen LogP contribution in [0, 0.1) is 6.92 Å². The molecule has 2 aromatic heterocycles. The lowest BCUT2D eigenvalue weighted by Gasteiger charge is -2.16. The quantitative estimate of drug-likeness (QED) is 0.367. The number of hydrogen-bond acceptors (Lipinski definition) is 4. The van der Waals surface area contributed by atoms with E-state index in [1.807, 2.05) is 30.3 Å². The van der Waals surface area contributed by atoms with Crippen LogP contribution in [-0.2, 0) is 4.79 Å². The van der Waals surface area contributed by atoms with Gasteiger partial charge in [-0.3, -0.25) is 9.69 Å². The summed E-state index contributed by atoms with van der Waals surface area (Å²) in [5.74, 6) is 0.589. The normalized spacial score (nSPS) is 11.0. The Bertz CT molecular complexity index is 1120. The Kier molecular flexibility index (Phi) is 4.44. The largest absolute Gasteiger partial charge is 0.441 e. The second-order valence-corrected chi connectivity index (χ2v) is 7.47.